The van der Waals surface area contributed by atoms with E-state index in [9.17, 15) is 9.59 Å². The molecule has 0 aromatic heterocycles. The van der Waals surface area contributed by atoms with E-state index in [0.29, 0.717) is 31.2 Å². The summed E-state index contributed by atoms with van der Waals surface area (Å²) in [6.07, 6.45) is 4.23. The fourth-order valence-electron chi connectivity index (χ4n) is 3.68. The van der Waals surface area contributed by atoms with Crippen molar-refractivity contribution in [3.63, 3.8) is 0 Å². The van der Waals surface area contributed by atoms with Gasteiger partial charge in [-0.2, -0.15) is 0 Å². The van der Waals surface area contributed by atoms with Crippen molar-refractivity contribution in [3.8, 4) is 0 Å². The van der Waals surface area contributed by atoms with E-state index < -0.39 is 5.97 Å². The molecule has 1 saturated heterocycles. The number of rotatable bonds is 4. The van der Waals surface area contributed by atoms with Gasteiger partial charge in [0.05, 0.1) is 5.92 Å². The topological polar surface area (TPSA) is 57.6 Å². The molecule has 1 aliphatic carbocycles. The van der Waals surface area contributed by atoms with E-state index in [0.717, 1.165) is 25.8 Å². The van der Waals surface area contributed by atoms with Crippen LogP contribution in [0.3, 0.4) is 0 Å². The summed E-state index contributed by atoms with van der Waals surface area (Å²) in [6.45, 7) is 1.11. The smallest absolute Gasteiger partial charge is 0.308 e. The van der Waals surface area contributed by atoms with Crippen molar-refractivity contribution >= 4 is 11.9 Å². The monoisotopic (exact) mass is 301 g/mol. The van der Waals surface area contributed by atoms with E-state index in [1.807, 2.05) is 6.07 Å². The highest BCUT2D eigenvalue weighted by Gasteiger charge is 2.34. The summed E-state index contributed by atoms with van der Waals surface area (Å²) >= 11 is 0. The molecule has 2 aliphatic rings. The molecule has 1 heterocycles. The minimum absolute atomic E-state index is 0.141. The Hall–Kier alpha value is -1.84. The number of aliphatic carboxylic acids is 1. The molecule has 1 aliphatic heterocycles. The molecule has 1 aromatic carbocycles. The minimum Gasteiger partial charge on any atom is -0.481 e. The number of benzene rings is 1. The third kappa shape index (κ3) is 3.32. The lowest BCUT2D eigenvalue weighted by Crippen LogP contribution is -2.43. The van der Waals surface area contributed by atoms with Gasteiger partial charge in [0, 0.05) is 19.5 Å². The Morgan fingerprint density at radius 3 is 2.59 bits per heavy atom. The van der Waals surface area contributed by atoms with Gasteiger partial charge in [-0.15, -0.1) is 0 Å². The second-order valence-corrected chi connectivity index (χ2v) is 6.67. The van der Waals surface area contributed by atoms with Crippen LogP contribution >= 0.6 is 0 Å². The SMILES string of the molecule is O=C(O)[C@H]1CCCN(C(=O)CC2CC(c3ccccc3)C2)C1. The highest BCUT2D eigenvalue weighted by molar-refractivity contribution is 5.78. The Labute approximate surface area is 131 Å². The van der Waals surface area contributed by atoms with Crippen LogP contribution in [0.25, 0.3) is 0 Å². The number of nitrogens with zero attached hydrogens (tertiary/aromatic N) is 1. The Morgan fingerprint density at radius 1 is 1.18 bits per heavy atom. The van der Waals surface area contributed by atoms with Crippen molar-refractivity contribution in [1.29, 1.82) is 0 Å². The van der Waals surface area contributed by atoms with Gasteiger partial charge >= 0.3 is 5.97 Å². The van der Waals surface area contributed by atoms with Gasteiger partial charge in [0.15, 0.2) is 0 Å². The van der Waals surface area contributed by atoms with E-state index in [-0.39, 0.29) is 11.8 Å². The zero-order valence-corrected chi connectivity index (χ0v) is 12.8. The Bertz CT molecular complexity index is 537. The third-order valence-electron chi connectivity index (χ3n) is 5.09. The van der Waals surface area contributed by atoms with Crippen LogP contribution in [0, 0.1) is 11.8 Å². The Balaban J connectivity index is 1.46. The summed E-state index contributed by atoms with van der Waals surface area (Å²) in [6, 6.07) is 10.5. The molecule has 4 nitrogen and oxygen atoms in total. The van der Waals surface area contributed by atoms with Gasteiger partial charge in [0.25, 0.3) is 0 Å². The van der Waals surface area contributed by atoms with Gasteiger partial charge in [-0.05, 0) is 43.1 Å². The van der Waals surface area contributed by atoms with Gasteiger partial charge in [0.2, 0.25) is 5.91 Å². The molecule has 1 atom stereocenters. The molecule has 0 spiro atoms. The highest BCUT2D eigenvalue weighted by Crippen LogP contribution is 2.43. The number of amides is 1. The van der Waals surface area contributed by atoms with E-state index in [1.165, 1.54) is 5.56 Å². The molecule has 118 valence electrons. The van der Waals surface area contributed by atoms with Crippen molar-refractivity contribution in [2.24, 2.45) is 11.8 Å². The molecular formula is C18H23NO3. The van der Waals surface area contributed by atoms with Crippen LogP contribution in [0.5, 0.6) is 0 Å². The van der Waals surface area contributed by atoms with Crippen LogP contribution in [0.4, 0.5) is 0 Å². The first-order valence-corrected chi connectivity index (χ1v) is 8.19. The van der Waals surface area contributed by atoms with Crippen LogP contribution in [-0.4, -0.2) is 35.0 Å². The van der Waals surface area contributed by atoms with Gasteiger partial charge in [-0.1, -0.05) is 30.3 Å². The molecule has 0 radical (unpaired) electrons. The van der Waals surface area contributed by atoms with E-state index in [1.54, 1.807) is 4.90 Å². The normalized spacial score (nSPS) is 28.0. The molecule has 22 heavy (non-hydrogen) atoms. The van der Waals surface area contributed by atoms with Crippen LogP contribution in [0.2, 0.25) is 0 Å². The summed E-state index contributed by atoms with van der Waals surface area (Å²) in [5.41, 5.74) is 1.37. The van der Waals surface area contributed by atoms with E-state index in [2.05, 4.69) is 24.3 Å². The molecule has 2 fully saturated rings. The quantitative estimate of drug-likeness (QED) is 0.930. The summed E-state index contributed by atoms with van der Waals surface area (Å²) in [5, 5.41) is 9.10. The van der Waals surface area contributed by atoms with E-state index >= 15 is 0 Å². The largest absolute Gasteiger partial charge is 0.481 e. The summed E-state index contributed by atoms with van der Waals surface area (Å²) in [5.74, 6) is 0.0407. The molecule has 1 saturated carbocycles. The summed E-state index contributed by atoms with van der Waals surface area (Å²) in [7, 11) is 0. The number of carboxylic acid groups (broad SMARTS) is 1. The van der Waals surface area contributed by atoms with Gasteiger partial charge in [-0.25, -0.2) is 0 Å². The van der Waals surface area contributed by atoms with Crippen molar-refractivity contribution in [2.75, 3.05) is 13.1 Å². The molecular weight excluding hydrogens is 278 g/mol. The average Bonchev–Trinajstić information content (AvgIpc) is 2.51. The molecule has 1 N–H and O–H groups in total. The number of likely N-dealkylation sites (tertiary alicyclic amines) is 1. The second-order valence-electron chi connectivity index (χ2n) is 6.67. The number of carboxylic acids is 1. The molecule has 1 aromatic rings. The fraction of sp³-hybridized carbons (Fsp3) is 0.556. The first kappa shape index (κ1) is 15.1. The standard InChI is InChI=1S/C18H23NO3/c20-17(19-8-4-7-15(12-19)18(21)22)11-13-9-16(10-13)14-5-2-1-3-6-14/h1-3,5-6,13,15-16H,4,7-12H2,(H,21,22)/t13?,15-,16?/m0/s1. The summed E-state index contributed by atoms with van der Waals surface area (Å²) in [4.78, 5) is 25.2. The Kier molecular flexibility index (Phi) is 4.46. The molecule has 1 amide bonds. The maximum absolute atomic E-state index is 12.3. The zero-order chi connectivity index (χ0) is 15.5. The first-order chi connectivity index (χ1) is 10.6. The Morgan fingerprint density at radius 2 is 1.91 bits per heavy atom. The lowest BCUT2D eigenvalue weighted by Gasteiger charge is -2.38. The van der Waals surface area contributed by atoms with Crippen LogP contribution < -0.4 is 0 Å². The molecule has 4 heteroatoms. The van der Waals surface area contributed by atoms with Crippen molar-refractivity contribution in [1.82, 2.24) is 4.90 Å². The zero-order valence-electron chi connectivity index (χ0n) is 12.8. The van der Waals surface area contributed by atoms with Gasteiger partial charge in [0.1, 0.15) is 0 Å². The van der Waals surface area contributed by atoms with Gasteiger partial charge < -0.3 is 10.0 Å². The molecule has 3 rings (SSSR count). The number of hydrogen-bond donors (Lipinski definition) is 1. The fourth-order valence-corrected chi connectivity index (χ4v) is 3.68. The number of hydrogen-bond acceptors (Lipinski definition) is 2. The molecule has 0 bridgehead atoms. The summed E-state index contributed by atoms with van der Waals surface area (Å²) < 4.78 is 0. The maximum Gasteiger partial charge on any atom is 0.308 e. The van der Waals surface area contributed by atoms with Crippen LogP contribution in [-0.2, 0) is 9.59 Å². The third-order valence-corrected chi connectivity index (χ3v) is 5.09. The predicted octanol–water partition coefficient (Wildman–Crippen LogP) is 2.89. The maximum atomic E-state index is 12.3. The number of carbonyl (C=O) groups is 2. The van der Waals surface area contributed by atoms with Crippen molar-refractivity contribution < 1.29 is 14.7 Å². The number of piperidine rings is 1. The predicted molar refractivity (Wildman–Crippen MR) is 83.5 cm³/mol. The lowest BCUT2D eigenvalue weighted by molar-refractivity contribution is -0.146. The van der Waals surface area contributed by atoms with Crippen molar-refractivity contribution in [2.45, 2.75) is 38.0 Å². The van der Waals surface area contributed by atoms with Crippen molar-refractivity contribution in [3.05, 3.63) is 35.9 Å². The average molecular weight is 301 g/mol. The van der Waals surface area contributed by atoms with Crippen LogP contribution in [0.15, 0.2) is 30.3 Å². The minimum atomic E-state index is -0.773. The van der Waals surface area contributed by atoms with E-state index in [4.69, 9.17) is 5.11 Å². The second kappa shape index (κ2) is 6.51. The highest BCUT2D eigenvalue weighted by atomic mass is 16.4. The van der Waals surface area contributed by atoms with Gasteiger partial charge in [-0.3, -0.25) is 9.59 Å². The molecule has 0 unspecified atom stereocenters. The first-order valence-electron chi connectivity index (χ1n) is 8.19. The number of carbonyl (C=O) groups excluding carboxylic acids is 1. The van der Waals surface area contributed by atoms with Crippen LogP contribution in [0.1, 0.15) is 43.6 Å². The lowest BCUT2D eigenvalue weighted by atomic mass is 9.70.